The van der Waals surface area contributed by atoms with Crippen molar-refractivity contribution in [1.29, 1.82) is 0 Å². The summed E-state index contributed by atoms with van der Waals surface area (Å²) in [5.41, 5.74) is -3.88. The van der Waals surface area contributed by atoms with Crippen LogP contribution in [0.3, 0.4) is 0 Å². The lowest BCUT2D eigenvalue weighted by Crippen LogP contribution is -2.44. The lowest BCUT2D eigenvalue weighted by atomic mass is 9.84. The Hall–Kier alpha value is -4.38. The number of carbonyl (C=O) groups excluding carboxylic acids is 6. The van der Waals surface area contributed by atoms with Gasteiger partial charge in [-0.1, -0.05) is 0 Å². The maximum Gasteiger partial charge on any atom is 0.407 e. The SMILES string of the molecule is CC(C)(C)OC(=O)NCCNC(=O)CCC(CCC(=O)NCCNC(=O)OC(C)(C)C)(CCC(=O)NCCNC(=O)OC(C)(C)C)[N+](=O)[O-]. The molecular weight excluding hydrogens is 646 g/mol. The standard InChI is InChI=1S/C31H57N7O11/c1-28(2,3)47-25(42)35-19-16-32-22(39)10-13-31(38(45)46,14-11-23(40)33-17-20-36-26(43)48-29(4,5)6)15-12-24(41)34-18-21-37-27(44)49-30(7,8)9/h10-21H2,1-9H3,(H,32,39)(H,33,40)(H,34,41)(H,35,42)(H,36,43)(H,37,44). The van der Waals surface area contributed by atoms with E-state index in [1.165, 1.54) is 0 Å². The molecule has 18 nitrogen and oxygen atoms in total. The van der Waals surface area contributed by atoms with Crippen LogP contribution in [-0.2, 0) is 28.6 Å². The highest BCUT2D eigenvalue weighted by molar-refractivity contribution is 5.78. The molecule has 0 aromatic rings. The van der Waals surface area contributed by atoms with E-state index >= 15 is 0 Å². The first kappa shape index (κ1) is 44.6. The van der Waals surface area contributed by atoms with Crippen molar-refractivity contribution in [3.8, 4) is 0 Å². The third-order valence-electron chi connectivity index (χ3n) is 6.19. The van der Waals surface area contributed by atoms with Gasteiger partial charge in [0.15, 0.2) is 0 Å². The fraction of sp³-hybridized carbons (Fsp3) is 0.806. The zero-order valence-corrected chi connectivity index (χ0v) is 30.4. The van der Waals surface area contributed by atoms with Crippen molar-refractivity contribution in [3.63, 3.8) is 0 Å². The Morgan fingerprint density at radius 2 is 0.694 bits per heavy atom. The fourth-order valence-corrected chi connectivity index (χ4v) is 3.99. The molecule has 0 aliphatic heterocycles. The van der Waals surface area contributed by atoms with Crippen molar-refractivity contribution in [3.05, 3.63) is 10.1 Å². The van der Waals surface area contributed by atoms with E-state index < -0.39 is 63.3 Å². The van der Waals surface area contributed by atoms with Gasteiger partial charge in [0.2, 0.25) is 23.3 Å². The number of rotatable bonds is 19. The second-order valence-electron chi connectivity index (χ2n) is 14.3. The molecular formula is C31H57N7O11. The van der Waals surface area contributed by atoms with Gasteiger partial charge in [0.25, 0.3) is 0 Å². The van der Waals surface area contributed by atoms with Gasteiger partial charge in [-0.2, -0.15) is 0 Å². The van der Waals surface area contributed by atoms with E-state index in [0.717, 1.165) is 0 Å². The van der Waals surface area contributed by atoms with Crippen molar-refractivity contribution < 1.29 is 47.9 Å². The molecule has 0 aromatic carbocycles. The van der Waals surface area contributed by atoms with E-state index in [2.05, 4.69) is 31.9 Å². The van der Waals surface area contributed by atoms with Crippen LogP contribution in [0, 0.1) is 10.1 Å². The minimum absolute atomic E-state index is 0.0447. The number of nitrogens with one attached hydrogen (secondary N) is 6. The zero-order valence-electron chi connectivity index (χ0n) is 30.4. The highest BCUT2D eigenvalue weighted by Crippen LogP contribution is 2.29. The summed E-state index contributed by atoms with van der Waals surface area (Å²) in [4.78, 5) is 84.9. The molecule has 282 valence electrons. The summed E-state index contributed by atoms with van der Waals surface area (Å²) in [5.74, 6) is -1.56. The Morgan fingerprint density at radius 1 is 0.469 bits per heavy atom. The number of nitro groups is 1. The van der Waals surface area contributed by atoms with E-state index in [0.29, 0.717) is 0 Å². The zero-order chi connectivity index (χ0) is 37.9. The summed E-state index contributed by atoms with van der Waals surface area (Å²) >= 11 is 0. The smallest absolute Gasteiger partial charge is 0.407 e. The van der Waals surface area contributed by atoms with Crippen LogP contribution >= 0.6 is 0 Å². The predicted octanol–water partition coefficient (Wildman–Crippen LogP) is 2.27. The van der Waals surface area contributed by atoms with Gasteiger partial charge in [-0.25, -0.2) is 14.4 Å². The molecule has 0 aliphatic rings. The number of carbonyl (C=O) groups is 6. The molecule has 0 aromatic heterocycles. The van der Waals surface area contributed by atoms with Crippen LogP contribution in [0.1, 0.15) is 101 Å². The molecule has 0 bridgehead atoms. The highest BCUT2D eigenvalue weighted by atomic mass is 16.6. The molecule has 0 rings (SSSR count). The van der Waals surface area contributed by atoms with E-state index in [1.54, 1.807) is 62.3 Å². The van der Waals surface area contributed by atoms with Crippen LogP contribution in [0.4, 0.5) is 14.4 Å². The van der Waals surface area contributed by atoms with Gasteiger partial charge >= 0.3 is 18.3 Å². The van der Waals surface area contributed by atoms with Gasteiger partial charge < -0.3 is 46.1 Å². The van der Waals surface area contributed by atoms with Crippen molar-refractivity contribution in [2.75, 3.05) is 39.3 Å². The number of alkyl carbamates (subject to hydrolysis) is 3. The summed E-state index contributed by atoms with van der Waals surface area (Å²) in [6.45, 7) is 15.7. The molecule has 0 aliphatic carbocycles. The molecule has 18 heteroatoms. The minimum Gasteiger partial charge on any atom is -0.444 e. The Morgan fingerprint density at radius 3 is 0.898 bits per heavy atom. The van der Waals surface area contributed by atoms with Crippen LogP contribution in [0.5, 0.6) is 0 Å². The largest absolute Gasteiger partial charge is 0.444 e. The maximum atomic E-state index is 12.6. The minimum atomic E-state index is -1.80. The van der Waals surface area contributed by atoms with Crippen LogP contribution < -0.4 is 31.9 Å². The van der Waals surface area contributed by atoms with Gasteiger partial charge in [-0.3, -0.25) is 24.5 Å². The predicted molar refractivity (Wildman–Crippen MR) is 179 cm³/mol. The lowest BCUT2D eigenvalue weighted by molar-refractivity contribution is -0.573. The fourth-order valence-electron chi connectivity index (χ4n) is 3.99. The van der Waals surface area contributed by atoms with E-state index in [9.17, 15) is 38.9 Å². The third kappa shape index (κ3) is 24.4. The van der Waals surface area contributed by atoms with Crippen LogP contribution in [-0.4, -0.2) is 103 Å². The summed E-state index contributed by atoms with van der Waals surface area (Å²) < 4.78 is 15.4. The molecule has 0 atom stereocenters. The first-order valence-corrected chi connectivity index (χ1v) is 16.3. The Labute approximate surface area is 288 Å². The van der Waals surface area contributed by atoms with Gasteiger partial charge in [-0.15, -0.1) is 0 Å². The van der Waals surface area contributed by atoms with Crippen molar-refractivity contribution in [2.24, 2.45) is 0 Å². The molecule has 0 saturated heterocycles. The number of hydrogen-bond donors (Lipinski definition) is 6. The topological polar surface area (TPSA) is 245 Å². The van der Waals surface area contributed by atoms with Gasteiger partial charge in [-0.05, 0) is 62.3 Å². The monoisotopic (exact) mass is 703 g/mol. The quantitative estimate of drug-likeness (QED) is 0.0493. The number of nitrogens with zero attached hydrogens (tertiary/aromatic N) is 1. The van der Waals surface area contributed by atoms with Crippen LogP contribution in [0.25, 0.3) is 0 Å². The molecule has 0 unspecified atom stereocenters. The maximum absolute atomic E-state index is 12.6. The Kier molecular flexibility index (Phi) is 19.0. The summed E-state index contributed by atoms with van der Waals surface area (Å²) in [5, 5.41) is 27.6. The van der Waals surface area contributed by atoms with Gasteiger partial charge in [0.1, 0.15) is 16.8 Å². The molecule has 6 amide bonds. The summed E-state index contributed by atoms with van der Waals surface area (Å²) in [6, 6.07) is 0. The van der Waals surface area contributed by atoms with Crippen molar-refractivity contribution in [1.82, 2.24) is 31.9 Å². The number of hydrogen-bond acceptors (Lipinski definition) is 11. The van der Waals surface area contributed by atoms with Crippen LogP contribution in [0.15, 0.2) is 0 Å². The molecule has 6 N–H and O–H groups in total. The molecule has 49 heavy (non-hydrogen) atoms. The highest BCUT2D eigenvalue weighted by Gasteiger charge is 2.43. The van der Waals surface area contributed by atoms with Gasteiger partial charge in [0, 0.05) is 82.7 Å². The Balaban J connectivity index is 5.21. The molecule has 0 spiro atoms. The van der Waals surface area contributed by atoms with Crippen LogP contribution in [0.2, 0.25) is 0 Å². The summed E-state index contributed by atoms with van der Waals surface area (Å²) in [7, 11) is 0. The number of amides is 6. The van der Waals surface area contributed by atoms with Crippen molar-refractivity contribution >= 4 is 36.0 Å². The number of ether oxygens (including phenoxy) is 3. The second-order valence-corrected chi connectivity index (χ2v) is 14.3. The molecule has 0 saturated carbocycles. The van der Waals surface area contributed by atoms with Gasteiger partial charge in [0.05, 0.1) is 0 Å². The molecule has 0 radical (unpaired) electrons. The molecule has 0 fully saturated rings. The van der Waals surface area contributed by atoms with Crippen molar-refractivity contribution in [2.45, 2.75) is 123 Å². The third-order valence-corrected chi connectivity index (χ3v) is 6.19. The van der Waals surface area contributed by atoms with E-state index in [-0.39, 0.29) is 77.8 Å². The average Bonchev–Trinajstić information content (AvgIpc) is 2.92. The van der Waals surface area contributed by atoms with E-state index in [4.69, 9.17) is 14.2 Å². The Bertz CT molecular complexity index is 1000. The first-order valence-electron chi connectivity index (χ1n) is 16.3. The summed E-state index contributed by atoms with van der Waals surface area (Å²) in [6.07, 6.45) is -3.64. The first-order chi connectivity index (χ1) is 22.4. The normalized spacial score (nSPS) is 11.8. The second kappa shape index (κ2) is 20.9. The average molecular weight is 704 g/mol. The lowest BCUT2D eigenvalue weighted by Gasteiger charge is -2.25. The molecule has 0 heterocycles. The van der Waals surface area contributed by atoms with E-state index in [1.807, 2.05) is 0 Å².